The summed E-state index contributed by atoms with van der Waals surface area (Å²) in [6.45, 7) is 2.83. The van der Waals surface area contributed by atoms with Crippen molar-refractivity contribution in [1.29, 1.82) is 0 Å². The van der Waals surface area contributed by atoms with Crippen LogP contribution in [0.4, 0.5) is 4.79 Å². The molecule has 164 valence electrons. The first-order chi connectivity index (χ1) is 14.4. The monoisotopic (exact) mass is 431 g/mol. The minimum Gasteiger partial charge on any atom is -0.337 e. The van der Waals surface area contributed by atoms with Crippen molar-refractivity contribution in [2.24, 2.45) is 17.8 Å². The molecule has 2 amide bonds. The predicted molar refractivity (Wildman–Crippen MR) is 116 cm³/mol. The second-order valence-electron chi connectivity index (χ2n) is 10.1. The standard InChI is InChI=1S/C23H33N3O3S/c1-16-5-7-21(8-6-16)30(28,29)26-9-3-2-4-20(26)15-24-22(27)25-23-13-17-10-18(14-23)12-19(23)11-17/h5-8,17-20H,2-4,9-15H2,1H3,(H2,24,25,27)/t17-,18?,19?,20?,23?/m0/s1. The number of benzene rings is 1. The molecule has 0 aromatic heterocycles. The molecule has 1 heterocycles. The molecule has 1 aromatic carbocycles. The summed E-state index contributed by atoms with van der Waals surface area (Å²) in [5.41, 5.74) is 1.04. The average Bonchev–Trinajstić information content (AvgIpc) is 3.09. The molecule has 2 N–H and O–H groups in total. The maximum atomic E-state index is 13.2. The number of aryl methyl sites for hydroxylation is 1. The summed E-state index contributed by atoms with van der Waals surface area (Å²) < 4.78 is 28.0. The molecule has 6 nitrogen and oxygen atoms in total. The third-order valence-electron chi connectivity index (χ3n) is 8.05. The summed E-state index contributed by atoms with van der Waals surface area (Å²) in [5, 5.41) is 6.35. The van der Waals surface area contributed by atoms with E-state index in [1.54, 1.807) is 16.4 Å². The number of nitrogens with one attached hydrogen (secondary N) is 2. The van der Waals surface area contributed by atoms with E-state index >= 15 is 0 Å². The molecule has 30 heavy (non-hydrogen) atoms. The van der Waals surface area contributed by atoms with E-state index in [4.69, 9.17) is 0 Å². The van der Waals surface area contributed by atoms with Crippen LogP contribution >= 0.6 is 0 Å². The van der Waals surface area contributed by atoms with E-state index in [2.05, 4.69) is 10.6 Å². The van der Waals surface area contributed by atoms with Gasteiger partial charge in [0.2, 0.25) is 10.0 Å². The van der Waals surface area contributed by atoms with Crippen LogP contribution in [0.5, 0.6) is 0 Å². The lowest BCUT2D eigenvalue weighted by Crippen LogP contribution is -2.56. The van der Waals surface area contributed by atoms with E-state index in [9.17, 15) is 13.2 Å². The maximum Gasteiger partial charge on any atom is 0.315 e. The molecule has 5 fully saturated rings. The Morgan fingerprint density at radius 1 is 1.10 bits per heavy atom. The summed E-state index contributed by atoms with van der Waals surface area (Å²) in [4.78, 5) is 13.1. The molecule has 1 aromatic rings. The van der Waals surface area contributed by atoms with Gasteiger partial charge in [0, 0.05) is 24.7 Å². The minimum atomic E-state index is -3.55. The number of carbonyl (C=O) groups is 1. The lowest BCUT2D eigenvalue weighted by molar-refractivity contribution is 0.198. The van der Waals surface area contributed by atoms with Crippen molar-refractivity contribution in [1.82, 2.24) is 14.9 Å². The van der Waals surface area contributed by atoms with E-state index in [0.717, 1.165) is 49.5 Å². The Balaban J connectivity index is 1.23. The Hall–Kier alpha value is -1.60. The topological polar surface area (TPSA) is 78.5 Å². The average molecular weight is 432 g/mol. The Morgan fingerprint density at radius 3 is 2.50 bits per heavy atom. The fourth-order valence-corrected chi connectivity index (χ4v) is 8.51. The van der Waals surface area contributed by atoms with Crippen LogP contribution in [-0.2, 0) is 10.0 Å². The quantitative estimate of drug-likeness (QED) is 0.750. The van der Waals surface area contributed by atoms with Crippen LogP contribution in [-0.4, -0.2) is 43.4 Å². The van der Waals surface area contributed by atoms with Crippen LogP contribution in [0.3, 0.4) is 0 Å². The summed E-state index contributed by atoms with van der Waals surface area (Å²) in [7, 11) is -3.55. The van der Waals surface area contributed by atoms with Gasteiger partial charge in [0.1, 0.15) is 0 Å². The molecule has 1 aliphatic heterocycles. The fraction of sp³-hybridized carbons (Fsp3) is 0.696. The second kappa shape index (κ2) is 7.52. The minimum absolute atomic E-state index is 0.00209. The number of piperidine rings is 1. The van der Waals surface area contributed by atoms with Crippen molar-refractivity contribution in [3.05, 3.63) is 29.8 Å². The molecule has 0 spiro atoms. The molecule has 4 aliphatic carbocycles. The SMILES string of the molecule is Cc1ccc(S(=O)(=O)N2CCCCC2CNC(=O)NC23CC4CC2C[C@H](C4)C3)cc1. The van der Waals surface area contributed by atoms with Crippen molar-refractivity contribution in [2.45, 2.75) is 74.8 Å². The van der Waals surface area contributed by atoms with E-state index < -0.39 is 10.0 Å². The molecule has 7 heteroatoms. The van der Waals surface area contributed by atoms with Crippen LogP contribution in [0.1, 0.15) is 56.9 Å². The maximum absolute atomic E-state index is 13.2. The number of hydrogen-bond acceptors (Lipinski definition) is 3. The number of rotatable bonds is 5. The van der Waals surface area contributed by atoms with Gasteiger partial charge in [0.05, 0.1) is 4.90 Å². The fourth-order valence-electron chi connectivity index (χ4n) is 6.82. The molecule has 1 saturated heterocycles. The van der Waals surface area contributed by atoms with Gasteiger partial charge < -0.3 is 10.6 Å². The number of urea groups is 1. The number of carbonyl (C=O) groups excluding carboxylic acids is 1. The van der Waals surface area contributed by atoms with E-state index in [0.29, 0.717) is 23.9 Å². The van der Waals surface area contributed by atoms with Crippen molar-refractivity contribution in [3.8, 4) is 0 Å². The number of nitrogens with zero attached hydrogens (tertiary/aromatic N) is 1. The number of sulfonamides is 1. The van der Waals surface area contributed by atoms with Gasteiger partial charge in [-0.1, -0.05) is 24.1 Å². The zero-order chi connectivity index (χ0) is 20.9. The van der Waals surface area contributed by atoms with Crippen LogP contribution in [0, 0.1) is 24.7 Å². The summed E-state index contributed by atoms with van der Waals surface area (Å²) in [5.74, 6) is 2.22. The molecule has 0 radical (unpaired) electrons. The highest BCUT2D eigenvalue weighted by atomic mass is 32.2. The van der Waals surface area contributed by atoms with Crippen molar-refractivity contribution >= 4 is 16.1 Å². The molecule has 4 unspecified atom stereocenters. The van der Waals surface area contributed by atoms with E-state index in [-0.39, 0.29) is 17.6 Å². The smallest absolute Gasteiger partial charge is 0.315 e. The lowest BCUT2D eigenvalue weighted by Gasteiger charge is -2.36. The Morgan fingerprint density at radius 2 is 1.80 bits per heavy atom. The Labute approximate surface area is 179 Å². The summed E-state index contributed by atoms with van der Waals surface area (Å²) >= 11 is 0. The highest BCUT2D eigenvalue weighted by molar-refractivity contribution is 7.89. The van der Waals surface area contributed by atoms with E-state index in [1.807, 2.05) is 19.1 Å². The van der Waals surface area contributed by atoms with Gasteiger partial charge in [-0.15, -0.1) is 0 Å². The zero-order valence-electron chi connectivity index (χ0n) is 17.8. The van der Waals surface area contributed by atoms with Crippen LogP contribution < -0.4 is 10.6 Å². The van der Waals surface area contributed by atoms with Gasteiger partial charge in [-0.2, -0.15) is 4.31 Å². The first-order valence-corrected chi connectivity index (χ1v) is 12.9. The third-order valence-corrected chi connectivity index (χ3v) is 10.0. The third kappa shape index (κ3) is 3.54. The molecule has 4 saturated carbocycles. The van der Waals surface area contributed by atoms with Crippen LogP contribution in [0.2, 0.25) is 0 Å². The van der Waals surface area contributed by atoms with Gasteiger partial charge >= 0.3 is 6.03 Å². The van der Waals surface area contributed by atoms with Gasteiger partial charge in [-0.25, -0.2) is 13.2 Å². The first kappa shape index (κ1) is 20.3. The molecule has 6 rings (SSSR count). The van der Waals surface area contributed by atoms with Crippen molar-refractivity contribution < 1.29 is 13.2 Å². The Bertz CT molecular complexity index is 900. The molecule has 5 aliphatic rings. The summed E-state index contributed by atoms with van der Waals surface area (Å²) in [6, 6.07) is 6.72. The molecule has 5 atom stereocenters. The van der Waals surface area contributed by atoms with Gasteiger partial charge in [0.25, 0.3) is 0 Å². The van der Waals surface area contributed by atoms with Crippen molar-refractivity contribution in [2.75, 3.05) is 13.1 Å². The highest BCUT2D eigenvalue weighted by Crippen LogP contribution is 2.60. The highest BCUT2D eigenvalue weighted by Gasteiger charge is 2.58. The number of hydrogen-bond donors (Lipinski definition) is 2. The van der Waals surface area contributed by atoms with Gasteiger partial charge in [-0.05, 0) is 81.8 Å². The van der Waals surface area contributed by atoms with E-state index in [1.165, 1.54) is 19.3 Å². The van der Waals surface area contributed by atoms with Crippen molar-refractivity contribution in [3.63, 3.8) is 0 Å². The second-order valence-corrected chi connectivity index (χ2v) is 12.0. The molecule has 4 bridgehead atoms. The molecular weight excluding hydrogens is 398 g/mol. The molecular formula is C23H33N3O3S. The zero-order valence-corrected chi connectivity index (χ0v) is 18.6. The summed E-state index contributed by atoms with van der Waals surface area (Å²) in [6.07, 6.45) is 8.76. The van der Waals surface area contributed by atoms with Crippen LogP contribution in [0.15, 0.2) is 29.2 Å². The van der Waals surface area contributed by atoms with Gasteiger partial charge in [0.15, 0.2) is 0 Å². The lowest BCUT2D eigenvalue weighted by atomic mass is 9.80. The van der Waals surface area contributed by atoms with Gasteiger partial charge in [-0.3, -0.25) is 0 Å². The normalized spacial score (nSPS) is 35.5. The largest absolute Gasteiger partial charge is 0.337 e. The van der Waals surface area contributed by atoms with Crippen LogP contribution in [0.25, 0.3) is 0 Å². The Kier molecular flexibility index (Phi) is 5.09. The first-order valence-electron chi connectivity index (χ1n) is 11.5. The predicted octanol–water partition coefficient (Wildman–Crippen LogP) is 3.42. The number of amides is 2.